The lowest BCUT2D eigenvalue weighted by Gasteiger charge is -2.19. The number of carbonyl (C=O) groups is 1. The molecule has 132 valence electrons. The molecule has 1 atom stereocenters. The molecule has 2 aromatic carbocycles. The van der Waals surface area contributed by atoms with Gasteiger partial charge < -0.3 is 4.74 Å². The van der Waals surface area contributed by atoms with Gasteiger partial charge in [-0.25, -0.2) is 0 Å². The van der Waals surface area contributed by atoms with Gasteiger partial charge in [0.1, 0.15) is 5.75 Å². The highest BCUT2D eigenvalue weighted by Gasteiger charge is 2.23. The van der Waals surface area contributed by atoms with E-state index in [0.717, 1.165) is 10.0 Å². The van der Waals surface area contributed by atoms with Crippen LogP contribution in [0, 0.1) is 0 Å². The number of ether oxygens (including phenoxy) is 1. The average Bonchev–Trinajstić information content (AvgIpc) is 2.64. The Kier molecular flexibility index (Phi) is 6.30. The standard InChI is InChI=1S/C20H14BrCl2NO2/c21-14-3-8-17(24-12-14)11-19(25)20(13-1-4-15(22)5-2-13)26-18-9-6-16(23)7-10-18/h1-10,12,20H,11H2. The fourth-order valence-corrected chi connectivity index (χ4v) is 2.88. The lowest BCUT2D eigenvalue weighted by molar-refractivity contribution is -0.125. The number of Topliss-reactive ketones (excluding diaryl/α,β-unsaturated/α-hetero) is 1. The minimum absolute atomic E-state index is 0.0999. The summed E-state index contributed by atoms with van der Waals surface area (Å²) in [5, 5.41) is 1.20. The molecule has 0 saturated carbocycles. The number of halogens is 3. The van der Waals surface area contributed by atoms with Gasteiger partial charge in [0, 0.05) is 26.4 Å². The predicted octanol–water partition coefficient (Wildman–Crippen LogP) is 6.08. The molecule has 26 heavy (non-hydrogen) atoms. The summed E-state index contributed by atoms with van der Waals surface area (Å²) >= 11 is 15.2. The van der Waals surface area contributed by atoms with Crippen LogP contribution in [-0.4, -0.2) is 10.8 Å². The van der Waals surface area contributed by atoms with Gasteiger partial charge in [0.15, 0.2) is 11.9 Å². The topological polar surface area (TPSA) is 39.2 Å². The molecule has 3 aromatic rings. The van der Waals surface area contributed by atoms with E-state index in [9.17, 15) is 4.79 Å². The maximum atomic E-state index is 12.9. The predicted molar refractivity (Wildman–Crippen MR) is 107 cm³/mol. The van der Waals surface area contributed by atoms with Crippen LogP contribution in [0.3, 0.4) is 0 Å². The molecule has 1 heterocycles. The summed E-state index contributed by atoms with van der Waals surface area (Å²) in [6.07, 6.45) is 1.06. The zero-order valence-electron chi connectivity index (χ0n) is 13.5. The molecule has 0 saturated heterocycles. The van der Waals surface area contributed by atoms with E-state index in [1.807, 2.05) is 12.1 Å². The second-order valence-corrected chi connectivity index (χ2v) is 7.40. The van der Waals surface area contributed by atoms with Crippen molar-refractivity contribution in [2.24, 2.45) is 0 Å². The number of carbonyl (C=O) groups excluding carboxylic acids is 1. The summed E-state index contributed by atoms with van der Waals surface area (Å²) in [5.74, 6) is 0.462. The number of pyridine rings is 1. The minimum atomic E-state index is -0.765. The first-order valence-corrected chi connectivity index (χ1v) is 9.37. The first-order chi connectivity index (χ1) is 12.5. The van der Waals surface area contributed by atoms with Crippen molar-refractivity contribution in [1.29, 1.82) is 0 Å². The van der Waals surface area contributed by atoms with Crippen LogP contribution >= 0.6 is 39.1 Å². The Morgan fingerprint density at radius 1 is 0.962 bits per heavy atom. The number of hydrogen-bond acceptors (Lipinski definition) is 3. The van der Waals surface area contributed by atoms with E-state index in [0.29, 0.717) is 21.5 Å². The molecular weight excluding hydrogens is 437 g/mol. The van der Waals surface area contributed by atoms with E-state index in [1.54, 1.807) is 54.7 Å². The highest BCUT2D eigenvalue weighted by molar-refractivity contribution is 9.10. The number of rotatable bonds is 6. The number of ketones is 1. The molecule has 3 nitrogen and oxygen atoms in total. The number of nitrogens with zero attached hydrogens (tertiary/aromatic N) is 1. The van der Waals surface area contributed by atoms with E-state index in [-0.39, 0.29) is 12.2 Å². The highest BCUT2D eigenvalue weighted by atomic mass is 79.9. The summed E-state index contributed by atoms with van der Waals surface area (Å²) in [6.45, 7) is 0. The third-order valence-corrected chi connectivity index (χ3v) is 4.65. The molecule has 0 fully saturated rings. The molecule has 0 spiro atoms. The normalized spacial score (nSPS) is 11.8. The Hall–Kier alpha value is -1.88. The van der Waals surface area contributed by atoms with Crippen molar-refractivity contribution in [3.63, 3.8) is 0 Å². The number of aromatic nitrogens is 1. The molecule has 0 radical (unpaired) electrons. The van der Waals surface area contributed by atoms with Gasteiger partial charge in [-0.3, -0.25) is 9.78 Å². The van der Waals surface area contributed by atoms with Crippen molar-refractivity contribution in [2.45, 2.75) is 12.5 Å². The summed E-state index contributed by atoms with van der Waals surface area (Å²) in [6, 6.07) is 17.6. The molecule has 0 amide bonds. The Morgan fingerprint density at radius 2 is 1.58 bits per heavy atom. The van der Waals surface area contributed by atoms with Gasteiger partial charge in [-0.05, 0) is 70.0 Å². The van der Waals surface area contributed by atoms with E-state index in [2.05, 4.69) is 20.9 Å². The summed E-state index contributed by atoms with van der Waals surface area (Å²) in [5.41, 5.74) is 1.41. The number of hydrogen-bond donors (Lipinski definition) is 0. The quantitative estimate of drug-likeness (QED) is 0.456. The summed E-state index contributed by atoms with van der Waals surface area (Å²) in [7, 11) is 0. The third kappa shape index (κ3) is 5.07. The van der Waals surface area contributed by atoms with Crippen LogP contribution in [0.15, 0.2) is 71.3 Å². The smallest absolute Gasteiger partial charge is 0.183 e. The van der Waals surface area contributed by atoms with Crippen LogP contribution in [0.4, 0.5) is 0 Å². The zero-order chi connectivity index (χ0) is 18.5. The summed E-state index contributed by atoms with van der Waals surface area (Å²) < 4.78 is 6.83. The van der Waals surface area contributed by atoms with Crippen LogP contribution in [0.1, 0.15) is 17.4 Å². The van der Waals surface area contributed by atoms with Crippen LogP contribution in [0.5, 0.6) is 5.75 Å². The van der Waals surface area contributed by atoms with Gasteiger partial charge in [-0.2, -0.15) is 0 Å². The average molecular weight is 451 g/mol. The zero-order valence-corrected chi connectivity index (χ0v) is 16.6. The lowest BCUT2D eigenvalue weighted by Crippen LogP contribution is -2.21. The first kappa shape index (κ1) is 18.9. The molecule has 0 bridgehead atoms. The van der Waals surface area contributed by atoms with Crippen LogP contribution in [-0.2, 0) is 11.2 Å². The maximum Gasteiger partial charge on any atom is 0.183 e. The molecule has 0 N–H and O–H groups in total. The fraction of sp³-hybridized carbons (Fsp3) is 0.100. The van der Waals surface area contributed by atoms with Crippen LogP contribution in [0.2, 0.25) is 10.0 Å². The van der Waals surface area contributed by atoms with E-state index in [4.69, 9.17) is 27.9 Å². The highest BCUT2D eigenvalue weighted by Crippen LogP contribution is 2.26. The fourth-order valence-electron chi connectivity index (χ4n) is 2.39. The van der Waals surface area contributed by atoms with Crippen molar-refractivity contribution >= 4 is 44.9 Å². The van der Waals surface area contributed by atoms with Crippen molar-refractivity contribution in [1.82, 2.24) is 4.98 Å². The maximum absolute atomic E-state index is 12.9. The Morgan fingerprint density at radius 3 is 2.15 bits per heavy atom. The van der Waals surface area contributed by atoms with E-state index in [1.165, 1.54) is 0 Å². The lowest BCUT2D eigenvalue weighted by atomic mass is 10.0. The van der Waals surface area contributed by atoms with Gasteiger partial charge in [-0.1, -0.05) is 35.3 Å². The largest absolute Gasteiger partial charge is 0.478 e. The monoisotopic (exact) mass is 449 g/mol. The Balaban J connectivity index is 1.85. The van der Waals surface area contributed by atoms with E-state index < -0.39 is 6.10 Å². The van der Waals surface area contributed by atoms with Crippen LogP contribution < -0.4 is 4.74 Å². The second-order valence-electron chi connectivity index (χ2n) is 5.61. The SMILES string of the molecule is O=C(Cc1ccc(Br)cn1)C(Oc1ccc(Cl)cc1)c1ccc(Cl)cc1. The first-order valence-electron chi connectivity index (χ1n) is 7.82. The number of benzene rings is 2. The Labute approximate surface area is 170 Å². The van der Waals surface area contributed by atoms with Gasteiger partial charge in [0.2, 0.25) is 0 Å². The molecule has 0 aliphatic heterocycles. The third-order valence-electron chi connectivity index (χ3n) is 3.68. The molecule has 1 aromatic heterocycles. The Bertz CT molecular complexity index is 881. The van der Waals surface area contributed by atoms with E-state index >= 15 is 0 Å². The molecule has 0 aliphatic carbocycles. The van der Waals surface area contributed by atoms with Crippen molar-refractivity contribution < 1.29 is 9.53 Å². The molecule has 0 aliphatic rings. The van der Waals surface area contributed by atoms with Crippen molar-refractivity contribution in [3.8, 4) is 5.75 Å². The van der Waals surface area contributed by atoms with Crippen LogP contribution in [0.25, 0.3) is 0 Å². The van der Waals surface area contributed by atoms with Gasteiger partial charge >= 0.3 is 0 Å². The van der Waals surface area contributed by atoms with Crippen molar-refractivity contribution in [2.75, 3.05) is 0 Å². The second kappa shape index (κ2) is 8.67. The molecule has 3 rings (SSSR count). The van der Waals surface area contributed by atoms with Gasteiger partial charge in [0.25, 0.3) is 0 Å². The van der Waals surface area contributed by atoms with Gasteiger partial charge in [-0.15, -0.1) is 0 Å². The summed E-state index contributed by atoms with van der Waals surface area (Å²) in [4.78, 5) is 17.2. The molecule has 6 heteroatoms. The molecule has 1 unspecified atom stereocenters. The van der Waals surface area contributed by atoms with Gasteiger partial charge in [0.05, 0.1) is 6.42 Å². The minimum Gasteiger partial charge on any atom is -0.478 e. The van der Waals surface area contributed by atoms with Crippen molar-refractivity contribution in [3.05, 3.63) is 92.6 Å². The molecular formula is C20H14BrCl2NO2.